The monoisotopic (exact) mass is 483 g/mol. The first-order chi connectivity index (χ1) is 14.4. The second-order valence-electron chi connectivity index (χ2n) is 6.12. The Morgan fingerprint density at radius 3 is 1.90 bits per heavy atom. The van der Waals surface area contributed by atoms with Gasteiger partial charge < -0.3 is 14.4 Å². The van der Waals surface area contributed by atoms with Crippen LogP contribution in [0.3, 0.4) is 0 Å². The number of carbonyl (C=O) groups is 1. The number of benzene rings is 3. The van der Waals surface area contributed by atoms with E-state index in [1.54, 1.807) is 72.8 Å². The molecule has 1 unspecified atom stereocenters. The van der Waals surface area contributed by atoms with Crippen molar-refractivity contribution < 1.29 is 18.4 Å². The molecule has 0 bridgehead atoms. The Labute approximate surface area is 189 Å². The molecule has 0 saturated carbocycles. The molecule has 3 rings (SSSR count). The minimum atomic E-state index is -4.12. The lowest BCUT2D eigenvalue weighted by atomic mass is 10.2. The normalized spacial score (nSPS) is 12.1. The molecule has 0 aromatic heterocycles. The first-order valence-electron chi connectivity index (χ1n) is 8.80. The molecule has 0 saturated heterocycles. The number of hydrogen-bond acceptors (Lipinski definition) is 4. The van der Waals surface area contributed by atoms with Gasteiger partial charge in [-0.05, 0) is 36.4 Å². The molecule has 1 atom stereocenters. The molecule has 3 aromatic carbocycles. The maximum absolute atomic E-state index is 14.1. The van der Waals surface area contributed by atoms with E-state index in [0.717, 1.165) is 0 Å². The maximum atomic E-state index is 14.1. The standard InChI is InChI=1S/C21H17Cl3NO4P/c22-14-20(26)25-21(18-12-11-15(23)13-19(18)24)30(27,28-16-7-3-1-4-8-16)29-17-9-5-2-6-10-17/h1-13,21H,14H2,(H,25,26). The van der Waals surface area contributed by atoms with E-state index < -0.39 is 19.3 Å². The lowest BCUT2D eigenvalue weighted by Crippen LogP contribution is -2.32. The fraction of sp³-hybridized carbons (Fsp3) is 0.0952. The van der Waals surface area contributed by atoms with E-state index >= 15 is 0 Å². The van der Waals surface area contributed by atoms with Gasteiger partial charge in [0.05, 0.1) is 0 Å². The number of halogens is 3. The maximum Gasteiger partial charge on any atom is 0.457 e. The number of para-hydroxylation sites is 2. The lowest BCUT2D eigenvalue weighted by Gasteiger charge is -2.29. The van der Waals surface area contributed by atoms with Crippen molar-refractivity contribution in [2.24, 2.45) is 0 Å². The van der Waals surface area contributed by atoms with Gasteiger partial charge in [0.1, 0.15) is 17.4 Å². The predicted molar refractivity (Wildman–Crippen MR) is 120 cm³/mol. The summed E-state index contributed by atoms with van der Waals surface area (Å²) in [6.07, 6.45) is 0. The zero-order valence-electron chi connectivity index (χ0n) is 15.5. The summed E-state index contributed by atoms with van der Waals surface area (Å²) in [7, 11) is -4.12. The fourth-order valence-corrected chi connectivity index (χ4v) is 5.24. The number of amides is 1. The largest absolute Gasteiger partial charge is 0.457 e. The van der Waals surface area contributed by atoms with Gasteiger partial charge in [0.2, 0.25) is 5.91 Å². The second kappa shape index (κ2) is 10.2. The van der Waals surface area contributed by atoms with Gasteiger partial charge >= 0.3 is 7.60 Å². The SMILES string of the molecule is O=C(CCl)NC(c1ccc(Cl)cc1Cl)P(=O)(Oc1ccccc1)Oc1ccccc1. The predicted octanol–water partition coefficient (Wildman–Crippen LogP) is 6.70. The zero-order chi connectivity index (χ0) is 21.6. The van der Waals surface area contributed by atoms with Crippen molar-refractivity contribution in [3.63, 3.8) is 0 Å². The number of alkyl halides is 1. The summed E-state index contributed by atoms with van der Waals surface area (Å²) >= 11 is 18.0. The Morgan fingerprint density at radius 1 is 0.900 bits per heavy atom. The molecule has 3 aromatic rings. The van der Waals surface area contributed by atoms with Crippen molar-refractivity contribution in [2.75, 3.05) is 5.88 Å². The van der Waals surface area contributed by atoms with E-state index in [2.05, 4.69) is 5.32 Å². The molecule has 0 heterocycles. The van der Waals surface area contributed by atoms with Crippen molar-refractivity contribution in [1.29, 1.82) is 0 Å². The molecule has 0 aliphatic rings. The van der Waals surface area contributed by atoms with Gasteiger partial charge in [0, 0.05) is 15.6 Å². The summed E-state index contributed by atoms with van der Waals surface area (Å²) in [4.78, 5) is 12.2. The van der Waals surface area contributed by atoms with Crippen LogP contribution in [0.1, 0.15) is 11.3 Å². The number of carbonyl (C=O) groups excluding carboxylic acids is 1. The van der Waals surface area contributed by atoms with Crippen LogP contribution in [0.4, 0.5) is 0 Å². The van der Waals surface area contributed by atoms with Crippen molar-refractivity contribution >= 4 is 48.3 Å². The van der Waals surface area contributed by atoms with Crippen LogP contribution in [0.5, 0.6) is 11.5 Å². The molecule has 5 nitrogen and oxygen atoms in total. The Balaban J connectivity index is 2.11. The number of nitrogens with one attached hydrogen (secondary N) is 1. The zero-order valence-corrected chi connectivity index (χ0v) is 18.7. The average Bonchev–Trinajstić information content (AvgIpc) is 2.73. The van der Waals surface area contributed by atoms with Crippen molar-refractivity contribution in [1.82, 2.24) is 5.32 Å². The van der Waals surface area contributed by atoms with Gasteiger partial charge in [-0.2, -0.15) is 0 Å². The fourth-order valence-electron chi connectivity index (χ4n) is 2.62. The summed E-state index contributed by atoms with van der Waals surface area (Å²) in [5.41, 5.74) is 0.315. The summed E-state index contributed by atoms with van der Waals surface area (Å²) in [5, 5.41) is 3.19. The molecule has 156 valence electrons. The van der Waals surface area contributed by atoms with Crippen LogP contribution in [0, 0.1) is 0 Å². The minimum Gasteiger partial charge on any atom is -0.414 e. The highest BCUT2D eigenvalue weighted by molar-refractivity contribution is 7.55. The van der Waals surface area contributed by atoms with E-state index in [9.17, 15) is 9.36 Å². The Kier molecular flexibility index (Phi) is 7.68. The molecule has 0 aliphatic carbocycles. The summed E-state index contributed by atoms with van der Waals surface area (Å²) < 4.78 is 25.8. The van der Waals surface area contributed by atoms with E-state index in [1.165, 1.54) is 6.07 Å². The van der Waals surface area contributed by atoms with Gasteiger partial charge in [-0.15, -0.1) is 11.6 Å². The van der Waals surface area contributed by atoms with E-state index in [4.69, 9.17) is 43.9 Å². The van der Waals surface area contributed by atoms with E-state index in [-0.39, 0.29) is 10.9 Å². The molecule has 0 spiro atoms. The van der Waals surface area contributed by atoms with Crippen LogP contribution in [-0.2, 0) is 9.36 Å². The third kappa shape index (κ3) is 5.71. The smallest absolute Gasteiger partial charge is 0.414 e. The van der Waals surface area contributed by atoms with Gasteiger partial charge in [-0.3, -0.25) is 4.79 Å². The van der Waals surface area contributed by atoms with Gasteiger partial charge in [-0.1, -0.05) is 65.7 Å². The van der Waals surface area contributed by atoms with Crippen molar-refractivity contribution in [3.05, 3.63) is 94.5 Å². The molecule has 0 fully saturated rings. The van der Waals surface area contributed by atoms with E-state index in [0.29, 0.717) is 22.1 Å². The molecule has 9 heteroatoms. The Bertz CT molecular complexity index is 1010. The summed E-state index contributed by atoms with van der Waals surface area (Å²) in [6.45, 7) is 0. The average molecular weight is 485 g/mol. The number of rotatable bonds is 8. The van der Waals surface area contributed by atoms with Gasteiger partial charge in [0.15, 0.2) is 5.78 Å². The Hall–Kier alpha value is -2.17. The van der Waals surface area contributed by atoms with Crippen molar-refractivity contribution in [3.8, 4) is 11.5 Å². The van der Waals surface area contributed by atoms with Gasteiger partial charge in [0.25, 0.3) is 0 Å². The third-order valence-electron chi connectivity index (χ3n) is 3.94. The molecular formula is C21H17Cl3NO4P. The molecule has 0 radical (unpaired) electrons. The topological polar surface area (TPSA) is 64.6 Å². The second-order valence-corrected chi connectivity index (χ2v) is 9.19. The highest BCUT2D eigenvalue weighted by Crippen LogP contribution is 2.59. The first kappa shape index (κ1) is 22.5. The van der Waals surface area contributed by atoms with Crippen molar-refractivity contribution in [2.45, 2.75) is 5.78 Å². The molecule has 1 N–H and O–H groups in total. The van der Waals surface area contributed by atoms with Crippen LogP contribution >= 0.6 is 42.4 Å². The highest BCUT2D eigenvalue weighted by atomic mass is 35.5. The summed E-state index contributed by atoms with van der Waals surface area (Å²) in [5.74, 6) is -1.56. The third-order valence-corrected chi connectivity index (χ3v) is 6.72. The summed E-state index contributed by atoms with van der Waals surface area (Å²) in [6, 6.07) is 21.6. The van der Waals surface area contributed by atoms with Crippen LogP contribution in [0.15, 0.2) is 78.9 Å². The highest BCUT2D eigenvalue weighted by Gasteiger charge is 2.43. The number of hydrogen-bond donors (Lipinski definition) is 1. The van der Waals surface area contributed by atoms with Crippen LogP contribution in [0.25, 0.3) is 0 Å². The van der Waals surface area contributed by atoms with E-state index in [1.807, 2.05) is 0 Å². The van der Waals surface area contributed by atoms with Crippen LogP contribution in [-0.4, -0.2) is 11.8 Å². The quantitative estimate of drug-likeness (QED) is 0.285. The molecular weight excluding hydrogens is 468 g/mol. The molecule has 1 amide bonds. The minimum absolute atomic E-state index is 0.191. The molecule has 0 aliphatic heterocycles. The lowest BCUT2D eigenvalue weighted by molar-refractivity contribution is -0.119. The van der Waals surface area contributed by atoms with Gasteiger partial charge in [-0.25, -0.2) is 4.57 Å². The Morgan fingerprint density at radius 2 is 1.43 bits per heavy atom. The molecule has 30 heavy (non-hydrogen) atoms. The van der Waals surface area contributed by atoms with Crippen LogP contribution in [0.2, 0.25) is 10.0 Å². The first-order valence-corrected chi connectivity index (χ1v) is 11.7. The van der Waals surface area contributed by atoms with Crippen LogP contribution < -0.4 is 14.4 Å².